The van der Waals surface area contributed by atoms with Gasteiger partial charge >= 0.3 is 12.2 Å². The number of nitrogens with zero attached hydrogens (tertiary/aromatic N) is 3. The first-order chi connectivity index (χ1) is 19.8. The number of aryl methyl sites for hydroxylation is 5. The van der Waals surface area contributed by atoms with Crippen LogP contribution in [0, 0.1) is 41.2 Å². The predicted octanol–water partition coefficient (Wildman–Crippen LogP) is 5.29. The maximum absolute atomic E-state index is 13.1. The minimum absolute atomic E-state index is 0.0139. The van der Waals surface area contributed by atoms with Crippen molar-refractivity contribution in [2.24, 2.45) is 0 Å². The number of anilines is 3. The van der Waals surface area contributed by atoms with Crippen LogP contribution in [0.15, 0.2) is 35.2 Å². The van der Waals surface area contributed by atoms with Crippen LogP contribution in [-0.2, 0) is 20.8 Å². The standard InChI is InChI=1S/C16H18F3N5O3S.C11H13N3O/c1-8-5-13(28(4,26)27)12(7-11(8)16(17,18)19)23-24-15(25)22-14-20-9(2)6-10(3)21-14;1-7-5-8(2)11(6-10(7)12-4)14-13-9(3)15/h5-7,23H,1-4H3,(H2,20,21,22,24,25);5-6,14H,1-3H3,(H,13,15). The lowest BCUT2D eigenvalue weighted by Gasteiger charge is -2.17. The van der Waals surface area contributed by atoms with Gasteiger partial charge in [0.15, 0.2) is 15.5 Å². The van der Waals surface area contributed by atoms with Gasteiger partial charge in [-0.25, -0.2) is 28.0 Å². The van der Waals surface area contributed by atoms with Gasteiger partial charge < -0.3 is 0 Å². The number of urea groups is 1. The molecule has 3 rings (SSSR count). The van der Waals surface area contributed by atoms with E-state index >= 15 is 0 Å². The molecule has 0 radical (unpaired) electrons. The predicted molar refractivity (Wildman–Crippen MR) is 156 cm³/mol. The van der Waals surface area contributed by atoms with Gasteiger partial charge in [0.2, 0.25) is 11.9 Å². The molecule has 3 amide bonds. The third kappa shape index (κ3) is 10.1. The first kappa shape index (κ1) is 34.3. The second-order valence-corrected chi connectivity index (χ2v) is 11.5. The highest BCUT2D eigenvalue weighted by atomic mass is 32.2. The van der Waals surface area contributed by atoms with Gasteiger partial charge in [0.05, 0.1) is 22.7 Å². The van der Waals surface area contributed by atoms with Crippen LogP contribution in [-0.4, -0.2) is 36.6 Å². The molecule has 0 fully saturated rings. The van der Waals surface area contributed by atoms with E-state index in [1.54, 1.807) is 26.0 Å². The average molecular weight is 621 g/mol. The molecular formula is C27H31F3N8O4S. The fraction of sp³-hybridized carbons (Fsp3) is 0.296. The lowest BCUT2D eigenvalue weighted by atomic mass is 10.1. The molecule has 2 aromatic carbocycles. The SMILES string of the molecule is Cc1cc(C)nc(NC(=O)NNc2cc(C(F)(F)F)c(C)cc2S(C)(=O)=O)n1.[C-]#[N+]c1cc(NNC(C)=O)c(C)cc1C. The van der Waals surface area contributed by atoms with Gasteiger partial charge in [-0.3, -0.25) is 31.8 Å². The summed E-state index contributed by atoms with van der Waals surface area (Å²) in [7, 11) is -3.86. The fourth-order valence-electron chi connectivity index (χ4n) is 3.68. The number of nitrogens with one attached hydrogen (secondary N) is 5. The molecule has 0 atom stereocenters. The molecule has 0 aliphatic rings. The van der Waals surface area contributed by atoms with Crippen LogP contribution in [0.1, 0.15) is 40.6 Å². The van der Waals surface area contributed by atoms with E-state index in [2.05, 4.69) is 41.8 Å². The minimum atomic E-state index is -4.69. The Kier molecular flexibility index (Phi) is 11.0. The number of alkyl halides is 3. The Balaban J connectivity index is 0.000000362. The number of aromatic nitrogens is 2. The van der Waals surface area contributed by atoms with Crippen LogP contribution in [0.3, 0.4) is 0 Å². The molecule has 1 heterocycles. The topological polar surface area (TPSA) is 159 Å². The molecule has 5 N–H and O–H groups in total. The zero-order valence-corrected chi connectivity index (χ0v) is 25.2. The molecule has 0 bridgehead atoms. The summed E-state index contributed by atoms with van der Waals surface area (Å²) in [5, 5.41) is 2.30. The Labute approximate surface area is 247 Å². The number of sulfone groups is 1. The molecule has 0 saturated carbocycles. The summed E-state index contributed by atoms with van der Waals surface area (Å²) < 4.78 is 63.2. The molecule has 0 saturated heterocycles. The molecule has 230 valence electrons. The summed E-state index contributed by atoms with van der Waals surface area (Å²) in [6.07, 6.45) is -3.84. The minimum Gasteiger partial charge on any atom is -0.300 e. The number of carbonyl (C=O) groups is 2. The Hall–Kier alpha value is -4.91. The molecule has 0 spiro atoms. The summed E-state index contributed by atoms with van der Waals surface area (Å²) in [4.78, 5) is 33.7. The van der Waals surface area contributed by atoms with Crippen LogP contribution >= 0.6 is 0 Å². The van der Waals surface area contributed by atoms with Crippen molar-refractivity contribution in [1.29, 1.82) is 0 Å². The van der Waals surface area contributed by atoms with Gasteiger partial charge in [0.1, 0.15) is 0 Å². The van der Waals surface area contributed by atoms with Crippen molar-refractivity contribution in [3.63, 3.8) is 0 Å². The van der Waals surface area contributed by atoms with Crippen molar-refractivity contribution < 1.29 is 31.2 Å². The highest BCUT2D eigenvalue weighted by molar-refractivity contribution is 7.90. The monoisotopic (exact) mass is 620 g/mol. The maximum Gasteiger partial charge on any atom is 0.416 e. The smallest absolute Gasteiger partial charge is 0.300 e. The van der Waals surface area contributed by atoms with Crippen LogP contribution in [0.5, 0.6) is 0 Å². The van der Waals surface area contributed by atoms with E-state index in [1.807, 2.05) is 19.9 Å². The first-order valence-corrected chi connectivity index (χ1v) is 14.3. The van der Waals surface area contributed by atoms with E-state index in [9.17, 15) is 31.2 Å². The van der Waals surface area contributed by atoms with E-state index in [0.29, 0.717) is 23.1 Å². The third-order valence-corrected chi connectivity index (χ3v) is 6.72. The largest absolute Gasteiger partial charge is 0.416 e. The first-order valence-electron chi connectivity index (χ1n) is 12.4. The van der Waals surface area contributed by atoms with Crippen LogP contribution in [0.2, 0.25) is 0 Å². The average Bonchev–Trinajstić information content (AvgIpc) is 2.85. The number of hydrazine groups is 2. The number of halogens is 3. The Morgan fingerprint density at radius 2 is 1.42 bits per heavy atom. The number of rotatable bonds is 6. The summed E-state index contributed by atoms with van der Waals surface area (Å²) in [6.45, 7) is 16.8. The molecule has 16 heteroatoms. The molecule has 12 nitrogen and oxygen atoms in total. The number of amides is 3. The lowest BCUT2D eigenvalue weighted by molar-refractivity contribution is -0.138. The van der Waals surface area contributed by atoms with Crippen molar-refractivity contribution >= 4 is 44.8 Å². The van der Waals surface area contributed by atoms with Crippen LogP contribution < -0.4 is 27.0 Å². The van der Waals surface area contributed by atoms with Crippen LogP contribution in [0.25, 0.3) is 4.85 Å². The van der Waals surface area contributed by atoms with Crippen LogP contribution in [0.4, 0.5) is 41.0 Å². The second-order valence-electron chi connectivity index (χ2n) is 9.48. The second kappa shape index (κ2) is 13.8. The highest BCUT2D eigenvalue weighted by Gasteiger charge is 2.34. The zero-order valence-electron chi connectivity index (χ0n) is 24.4. The Morgan fingerprint density at radius 1 is 0.837 bits per heavy atom. The van der Waals surface area contributed by atoms with E-state index < -0.39 is 33.3 Å². The van der Waals surface area contributed by atoms with Crippen molar-refractivity contribution in [2.75, 3.05) is 22.4 Å². The summed E-state index contributed by atoms with van der Waals surface area (Å²) in [5.41, 5.74) is 12.3. The molecule has 0 aliphatic heterocycles. The summed E-state index contributed by atoms with van der Waals surface area (Å²) in [6, 6.07) is 5.96. The molecule has 3 aromatic rings. The third-order valence-electron chi connectivity index (χ3n) is 5.59. The number of benzene rings is 2. The van der Waals surface area contributed by atoms with Crippen molar-refractivity contribution in [2.45, 2.75) is 52.6 Å². The van der Waals surface area contributed by atoms with E-state index in [1.165, 1.54) is 6.92 Å². The normalized spacial score (nSPS) is 10.9. The molecule has 1 aromatic heterocycles. The summed E-state index contributed by atoms with van der Waals surface area (Å²) >= 11 is 0. The molecular weight excluding hydrogens is 589 g/mol. The van der Waals surface area contributed by atoms with Gasteiger partial charge in [0.25, 0.3) is 0 Å². The van der Waals surface area contributed by atoms with E-state index in [-0.39, 0.29) is 22.3 Å². The van der Waals surface area contributed by atoms with Crippen molar-refractivity contribution in [1.82, 2.24) is 20.8 Å². The Bertz CT molecular complexity index is 1670. The van der Waals surface area contributed by atoms with Gasteiger partial charge in [-0.1, -0.05) is 6.07 Å². The van der Waals surface area contributed by atoms with Crippen molar-refractivity contribution in [3.8, 4) is 0 Å². The highest BCUT2D eigenvalue weighted by Crippen LogP contribution is 2.36. The quantitative estimate of drug-likeness (QED) is 0.184. The van der Waals surface area contributed by atoms with Gasteiger partial charge in [-0.15, -0.1) is 0 Å². The molecule has 43 heavy (non-hydrogen) atoms. The van der Waals surface area contributed by atoms with Gasteiger partial charge in [-0.2, -0.15) is 13.2 Å². The maximum atomic E-state index is 13.1. The molecule has 0 unspecified atom stereocenters. The molecule has 0 aliphatic carbocycles. The summed E-state index contributed by atoms with van der Waals surface area (Å²) in [5.74, 6) is -0.181. The number of carbonyl (C=O) groups excluding carboxylic acids is 2. The number of hydrogen-bond acceptors (Lipinski definition) is 8. The van der Waals surface area contributed by atoms with Gasteiger partial charge in [-0.05, 0) is 75.6 Å². The van der Waals surface area contributed by atoms with Gasteiger partial charge in [0, 0.05) is 30.3 Å². The zero-order chi connectivity index (χ0) is 32.7. The fourth-order valence-corrected chi connectivity index (χ4v) is 4.58. The number of hydrogen-bond donors (Lipinski definition) is 5. The van der Waals surface area contributed by atoms with Crippen molar-refractivity contribution in [3.05, 3.63) is 75.4 Å². The lowest BCUT2D eigenvalue weighted by Crippen LogP contribution is -2.35. The van der Waals surface area contributed by atoms with E-state index in [0.717, 1.165) is 36.1 Å². The van der Waals surface area contributed by atoms with E-state index in [4.69, 9.17) is 6.57 Å². The Morgan fingerprint density at radius 3 is 1.93 bits per heavy atom.